The number of anilines is 1. The summed E-state index contributed by atoms with van der Waals surface area (Å²) in [6.07, 6.45) is 4.41. The highest BCUT2D eigenvalue weighted by Gasteiger charge is 2.45. The quantitative estimate of drug-likeness (QED) is 0.746. The van der Waals surface area contributed by atoms with Gasteiger partial charge in [-0.3, -0.25) is 4.79 Å². The van der Waals surface area contributed by atoms with Gasteiger partial charge in [-0.1, -0.05) is 0 Å². The molecule has 2 saturated heterocycles. The number of hydrogen-bond acceptors (Lipinski definition) is 4. The molecule has 6 nitrogen and oxygen atoms in total. The number of carbonyl (C=O) groups is 2. The molecule has 1 aromatic rings. The van der Waals surface area contributed by atoms with Crippen molar-refractivity contribution in [3.63, 3.8) is 0 Å². The number of halogens is 1. The molecule has 0 atom stereocenters. The molecular formula is C21H28FN3O3. The van der Waals surface area contributed by atoms with Crippen LogP contribution in [0.15, 0.2) is 18.2 Å². The van der Waals surface area contributed by atoms with Crippen molar-refractivity contribution in [1.82, 2.24) is 9.80 Å². The van der Waals surface area contributed by atoms with Gasteiger partial charge in [-0.05, 0) is 69.5 Å². The third kappa shape index (κ3) is 3.36. The van der Waals surface area contributed by atoms with Gasteiger partial charge in [-0.2, -0.15) is 0 Å². The third-order valence-electron chi connectivity index (χ3n) is 6.70. The average Bonchev–Trinajstić information content (AvgIpc) is 3.01. The molecule has 0 N–H and O–H groups in total. The first-order valence-corrected chi connectivity index (χ1v) is 10.2. The molecule has 0 radical (unpaired) electrons. The molecule has 0 aromatic heterocycles. The van der Waals surface area contributed by atoms with E-state index in [4.69, 9.17) is 4.74 Å². The summed E-state index contributed by atoms with van der Waals surface area (Å²) in [6, 6.07) is 5.25. The lowest BCUT2D eigenvalue weighted by atomic mass is 9.74. The predicted octanol–water partition coefficient (Wildman–Crippen LogP) is 2.76. The molecule has 4 rings (SSSR count). The first-order valence-electron chi connectivity index (χ1n) is 10.2. The van der Waals surface area contributed by atoms with Crippen molar-refractivity contribution in [2.24, 2.45) is 0 Å². The van der Waals surface area contributed by atoms with E-state index in [9.17, 15) is 14.0 Å². The van der Waals surface area contributed by atoms with Gasteiger partial charge in [-0.15, -0.1) is 0 Å². The second-order valence-corrected chi connectivity index (χ2v) is 8.13. The topological polar surface area (TPSA) is 53.1 Å². The van der Waals surface area contributed by atoms with Gasteiger partial charge in [0.15, 0.2) is 0 Å². The van der Waals surface area contributed by atoms with Crippen LogP contribution in [0.5, 0.6) is 0 Å². The highest BCUT2D eigenvalue weighted by molar-refractivity contribution is 5.81. The van der Waals surface area contributed by atoms with Crippen molar-refractivity contribution in [3.05, 3.63) is 29.6 Å². The van der Waals surface area contributed by atoms with Gasteiger partial charge < -0.3 is 19.4 Å². The van der Waals surface area contributed by atoms with E-state index in [-0.39, 0.29) is 17.3 Å². The van der Waals surface area contributed by atoms with E-state index < -0.39 is 0 Å². The molecule has 28 heavy (non-hydrogen) atoms. The van der Waals surface area contributed by atoms with Crippen LogP contribution in [-0.2, 0) is 14.9 Å². The fourth-order valence-corrected chi connectivity index (χ4v) is 5.15. The molecule has 0 bridgehead atoms. The van der Waals surface area contributed by atoms with E-state index >= 15 is 0 Å². The van der Waals surface area contributed by atoms with Gasteiger partial charge in [-0.25, -0.2) is 9.18 Å². The number of likely N-dealkylation sites (tertiary alicyclic amines) is 2. The fraction of sp³-hybridized carbons (Fsp3) is 0.619. The van der Waals surface area contributed by atoms with Crippen LogP contribution in [0.1, 0.15) is 38.2 Å². The number of rotatable bonds is 3. The minimum atomic E-state index is -0.236. The zero-order chi connectivity index (χ0) is 19.7. The van der Waals surface area contributed by atoms with Crippen LogP contribution in [0.4, 0.5) is 14.9 Å². The van der Waals surface area contributed by atoms with Gasteiger partial charge >= 0.3 is 6.09 Å². The van der Waals surface area contributed by atoms with Crippen LogP contribution in [0.25, 0.3) is 0 Å². The summed E-state index contributed by atoms with van der Waals surface area (Å²) < 4.78 is 19.0. The molecular weight excluding hydrogens is 361 g/mol. The predicted molar refractivity (Wildman–Crippen MR) is 104 cm³/mol. The first-order chi connectivity index (χ1) is 13.6. The minimum absolute atomic E-state index is 0.138. The normalized spacial score (nSPS) is 22.4. The molecule has 1 spiro atoms. The molecule has 2 amide bonds. The van der Waals surface area contributed by atoms with Crippen molar-refractivity contribution in [3.8, 4) is 0 Å². The van der Waals surface area contributed by atoms with Gasteiger partial charge in [0.2, 0.25) is 6.41 Å². The maximum absolute atomic E-state index is 13.9. The van der Waals surface area contributed by atoms with Crippen molar-refractivity contribution in [2.45, 2.75) is 44.1 Å². The number of fused-ring (bicyclic) bond motifs is 2. The molecule has 152 valence electrons. The maximum Gasteiger partial charge on any atom is 0.409 e. The monoisotopic (exact) mass is 389 g/mol. The number of hydrogen-bond donors (Lipinski definition) is 0. The van der Waals surface area contributed by atoms with E-state index in [1.807, 2.05) is 6.92 Å². The summed E-state index contributed by atoms with van der Waals surface area (Å²) in [5, 5.41) is 0. The Morgan fingerprint density at radius 2 is 1.96 bits per heavy atom. The maximum atomic E-state index is 13.9. The molecule has 0 saturated carbocycles. The SMILES string of the molecule is CCOC(=O)N1CCC(N2CCC3(CC2)CN(C=O)c2ccc(F)cc23)CC1. The summed E-state index contributed by atoms with van der Waals surface area (Å²) >= 11 is 0. The largest absolute Gasteiger partial charge is 0.450 e. The summed E-state index contributed by atoms with van der Waals surface area (Å²) in [7, 11) is 0. The molecule has 1 aromatic carbocycles. The lowest BCUT2D eigenvalue weighted by Crippen LogP contribution is -2.52. The van der Waals surface area contributed by atoms with E-state index in [2.05, 4.69) is 4.90 Å². The van der Waals surface area contributed by atoms with Crippen LogP contribution in [-0.4, -0.2) is 67.7 Å². The standard InChI is InChI=1S/C21H28FN3O3/c1-2-28-20(27)24-9-5-17(6-10-24)23-11-7-21(8-12-23)14-25(15-26)19-4-3-16(22)13-18(19)21/h3-4,13,15,17H,2,5-12,14H2,1H3. The number of carbonyl (C=O) groups excluding carboxylic acids is 2. The Labute approximate surface area is 165 Å². The number of amides is 2. The van der Waals surface area contributed by atoms with Crippen molar-refractivity contribution in [2.75, 3.05) is 44.2 Å². The molecule has 0 unspecified atom stereocenters. The molecule has 0 aliphatic carbocycles. The van der Waals surface area contributed by atoms with Gasteiger partial charge in [0.25, 0.3) is 0 Å². The number of piperidine rings is 2. The van der Waals surface area contributed by atoms with Crippen LogP contribution in [0.2, 0.25) is 0 Å². The summed E-state index contributed by atoms with van der Waals surface area (Å²) in [5.41, 5.74) is 1.70. The smallest absolute Gasteiger partial charge is 0.409 e. The second-order valence-electron chi connectivity index (χ2n) is 8.13. The minimum Gasteiger partial charge on any atom is -0.450 e. The number of benzene rings is 1. The Morgan fingerprint density at radius 1 is 1.25 bits per heavy atom. The fourth-order valence-electron chi connectivity index (χ4n) is 5.15. The molecule has 7 heteroatoms. The highest BCUT2D eigenvalue weighted by Crippen LogP contribution is 2.47. The Morgan fingerprint density at radius 3 is 2.61 bits per heavy atom. The lowest BCUT2D eigenvalue weighted by Gasteiger charge is -2.45. The molecule has 3 aliphatic rings. The third-order valence-corrected chi connectivity index (χ3v) is 6.70. The van der Waals surface area contributed by atoms with Crippen molar-refractivity contribution in [1.29, 1.82) is 0 Å². The number of ether oxygens (including phenoxy) is 1. The second kappa shape index (κ2) is 7.70. The van der Waals surface area contributed by atoms with E-state index in [0.717, 1.165) is 69.5 Å². The van der Waals surface area contributed by atoms with Gasteiger partial charge in [0.1, 0.15) is 5.82 Å². The zero-order valence-corrected chi connectivity index (χ0v) is 16.4. The lowest BCUT2D eigenvalue weighted by molar-refractivity contribution is -0.107. The van der Waals surface area contributed by atoms with Gasteiger partial charge in [0, 0.05) is 36.8 Å². The van der Waals surface area contributed by atoms with Crippen LogP contribution < -0.4 is 4.90 Å². The summed E-state index contributed by atoms with van der Waals surface area (Å²) in [6.45, 7) is 6.22. The summed E-state index contributed by atoms with van der Waals surface area (Å²) in [5.74, 6) is -0.236. The molecule has 2 fully saturated rings. The Hall–Kier alpha value is -2.15. The van der Waals surface area contributed by atoms with Gasteiger partial charge in [0.05, 0.1) is 6.61 Å². The van der Waals surface area contributed by atoms with Crippen LogP contribution >= 0.6 is 0 Å². The Balaban J connectivity index is 1.39. The van der Waals surface area contributed by atoms with E-state index in [0.29, 0.717) is 19.2 Å². The first kappa shape index (κ1) is 19.2. The van der Waals surface area contributed by atoms with Crippen LogP contribution in [0.3, 0.4) is 0 Å². The van der Waals surface area contributed by atoms with Crippen molar-refractivity contribution < 1.29 is 18.7 Å². The molecule has 3 aliphatic heterocycles. The van der Waals surface area contributed by atoms with E-state index in [1.165, 1.54) is 6.07 Å². The molecule has 3 heterocycles. The highest BCUT2D eigenvalue weighted by atomic mass is 19.1. The summed E-state index contributed by atoms with van der Waals surface area (Å²) in [4.78, 5) is 29.4. The van der Waals surface area contributed by atoms with Crippen LogP contribution in [0, 0.1) is 5.82 Å². The Kier molecular flexibility index (Phi) is 5.27. The average molecular weight is 389 g/mol. The number of nitrogens with zero attached hydrogens (tertiary/aromatic N) is 3. The van der Waals surface area contributed by atoms with Crippen molar-refractivity contribution >= 4 is 18.2 Å². The zero-order valence-electron chi connectivity index (χ0n) is 16.4. The Bertz CT molecular complexity index is 740. The van der Waals surface area contributed by atoms with E-state index in [1.54, 1.807) is 21.9 Å².